The third-order valence-corrected chi connectivity index (χ3v) is 7.76. The van der Waals surface area contributed by atoms with Gasteiger partial charge in [0, 0.05) is 35.2 Å². The number of carbonyl (C=O) groups is 2. The minimum Gasteiger partial charge on any atom is -0.365 e. The van der Waals surface area contributed by atoms with Crippen molar-refractivity contribution in [3.63, 3.8) is 0 Å². The Hall–Kier alpha value is -4.54. The van der Waals surface area contributed by atoms with Crippen molar-refractivity contribution in [1.29, 1.82) is 0 Å². The summed E-state index contributed by atoms with van der Waals surface area (Å²) in [6.07, 6.45) is -8.39. The molecule has 17 heteroatoms. The summed E-state index contributed by atoms with van der Waals surface area (Å²) in [5.41, 5.74) is 2.06. The van der Waals surface area contributed by atoms with Gasteiger partial charge in [0.25, 0.3) is 11.8 Å². The van der Waals surface area contributed by atoms with Crippen LogP contribution in [0.2, 0.25) is 0 Å². The molecule has 0 bridgehead atoms. The number of alkyl halides is 6. The molecule has 0 atom stereocenters. The molecule has 5 rings (SSSR count). The summed E-state index contributed by atoms with van der Waals surface area (Å²) in [6.45, 7) is 6.61. The molecule has 0 saturated heterocycles. The Morgan fingerprint density at radius 2 is 1.63 bits per heavy atom. The molecule has 2 amide bonds. The number of carbonyl (C=O) groups excluding carboxylic acids is 2. The van der Waals surface area contributed by atoms with Gasteiger partial charge in [-0.1, -0.05) is 20.8 Å². The first kappa shape index (κ1) is 29.9. The molecule has 5 aromatic rings. The van der Waals surface area contributed by atoms with Gasteiger partial charge < -0.3 is 11.1 Å². The molecule has 0 spiro atoms. The number of aryl methyl sites for hydroxylation is 1. The molecule has 0 aromatic carbocycles. The molecule has 0 fully saturated rings. The Morgan fingerprint density at radius 1 is 0.953 bits per heavy atom. The number of rotatable bonds is 4. The third-order valence-electron chi connectivity index (χ3n) is 6.66. The molecular formula is C26H22F6N8O2S. The average molecular weight is 625 g/mol. The molecular weight excluding hydrogens is 602 g/mol. The van der Waals surface area contributed by atoms with Crippen molar-refractivity contribution in [2.24, 2.45) is 12.8 Å². The van der Waals surface area contributed by atoms with Crippen molar-refractivity contribution in [2.45, 2.75) is 45.5 Å². The van der Waals surface area contributed by atoms with E-state index in [0.29, 0.717) is 21.5 Å². The number of amides is 2. The lowest BCUT2D eigenvalue weighted by atomic mass is 9.91. The minimum absolute atomic E-state index is 0.0378. The largest absolute Gasteiger partial charge is 0.433 e. The summed E-state index contributed by atoms with van der Waals surface area (Å²) in [6, 6.07) is 2.63. The topological polar surface area (TPSA) is 133 Å². The highest BCUT2D eigenvalue weighted by molar-refractivity contribution is 7.21. The van der Waals surface area contributed by atoms with Crippen LogP contribution < -0.4 is 11.1 Å². The first-order valence-corrected chi connectivity index (χ1v) is 13.2. The van der Waals surface area contributed by atoms with Crippen LogP contribution in [0.4, 0.5) is 32.0 Å². The molecule has 3 N–H and O–H groups in total. The molecule has 10 nitrogen and oxygen atoms in total. The van der Waals surface area contributed by atoms with E-state index in [-0.39, 0.29) is 43.2 Å². The molecule has 0 aliphatic heterocycles. The zero-order valence-corrected chi connectivity index (χ0v) is 23.9. The second-order valence-corrected chi connectivity index (χ2v) is 11.7. The Kier molecular flexibility index (Phi) is 6.79. The summed E-state index contributed by atoms with van der Waals surface area (Å²) in [5.74, 6) is -2.14. The number of aromatic nitrogens is 6. The van der Waals surface area contributed by atoms with Crippen LogP contribution in [0.15, 0.2) is 24.4 Å². The SMILES string of the molecule is Cc1c(-c2cc(C(F)(F)F)nc3sc(C(N)=O)c(NC(=O)c4cc5nc(C(C)(C)C)cc(C(F)(F)F)n5n4)c23)cnn1C. The number of hydrogen-bond donors (Lipinski definition) is 2. The zero-order valence-electron chi connectivity index (χ0n) is 23.1. The highest BCUT2D eigenvalue weighted by Gasteiger charge is 2.38. The van der Waals surface area contributed by atoms with Crippen LogP contribution >= 0.6 is 11.3 Å². The van der Waals surface area contributed by atoms with E-state index in [2.05, 4.69) is 25.5 Å². The van der Waals surface area contributed by atoms with Crippen molar-refractivity contribution >= 4 is 44.7 Å². The number of thiophene rings is 1. The molecule has 43 heavy (non-hydrogen) atoms. The number of nitrogens with zero attached hydrogens (tertiary/aromatic N) is 6. The quantitative estimate of drug-likeness (QED) is 0.245. The number of halogens is 6. The van der Waals surface area contributed by atoms with Gasteiger partial charge in [-0.15, -0.1) is 11.3 Å². The van der Waals surface area contributed by atoms with Gasteiger partial charge in [0.05, 0.1) is 17.6 Å². The fourth-order valence-electron chi connectivity index (χ4n) is 4.36. The number of pyridine rings is 1. The molecule has 0 saturated carbocycles. The Bertz CT molecular complexity index is 1950. The van der Waals surface area contributed by atoms with Gasteiger partial charge >= 0.3 is 12.4 Å². The fraction of sp³-hybridized carbons (Fsp3) is 0.308. The van der Waals surface area contributed by atoms with Crippen LogP contribution in [0, 0.1) is 6.92 Å². The number of primary amides is 1. The third kappa shape index (κ3) is 5.28. The number of hydrogen-bond acceptors (Lipinski definition) is 7. The summed E-state index contributed by atoms with van der Waals surface area (Å²) in [4.78, 5) is 33.1. The second kappa shape index (κ2) is 9.75. The molecule has 0 aliphatic carbocycles. The van der Waals surface area contributed by atoms with Crippen molar-refractivity contribution in [3.05, 3.63) is 57.7 Å². The van der Waals surface area contributed by atoms with Gasteiger partial charge in [0.15, 0.2) is 11.3 Å². The molecule has 5 heterocycles. The van der Waals surface area contributed by atoms with Crippen LogP contribution in [0.25, 0.3) is 27.0 Å². The fourth-order valence-corrected chi connectivity index (χ4v) is 5.37. The first-order chi connectivity index (χ1) is 19.8. The lowest BCUT2D eigenvalue weighted by molar-refractivity contribution is -0.143. The minimum atomic E-state index is -4.86. The van der Waals surface area contributed by atoms with Gasteiger partial charge in [0.2, 0.25) is 0 Å². The van der Waals surface area contributed by atoms with Gasteiger partial charge in [-0.2, -0.15) is 36.5 Å². The van der Waals surface area contributed by atoms with E-state index in [9.17, 15) is 35.9 Å². The van der Waals surface area contributed by atoms with Crippen molar-refractivity contribution in [1.82, 2.24) is 29.4 Å². The smallest absolute Gasteiger partial charge is 0.365 e. The van der Waals surface area contributed by atoms with E-state index < -0.39 is 46.7 Å². The summed E-state index contributed by atoms with van der Waals surface area (Å²) < 4.78 is 85.1. The highest BCUT2D eigenvalue weighted by Crippen LogP contribution is 2.44. The standard InChI is InChI=1S/C26H22F6N8O2S/c1-10-12(9-34-39(10)5)11-6-15(25(27,28)29)36-23-18(11)19(20(43-23)21(33)41)37-22(42)13-7-17-35-14(24(2,3)4)8-16(26(30,31)32)40(17)38-13/h6-9H,1-5H3,(H2,33,41)(H,37,42). The normalized spacial score (nSPS) is 12.8. The molecule has 226 valence electrons. The van der Waals surface area contributed by atoms with Crippen LogP contribution in [-0.2, 0) is 24.8 Å². The molecule has 5 aromatic heterocycles. The van der Waals surface area contributed by atoms with Crippen LogP contribution in [0.5, 0.6) is 0 Å². The van der Waals surface area contributed by atoms with E-state index in [1.54, 1.807) is 34.7 Å². The molecule has 0 radical (unpaired) electrons. The van der Waals surface area contributed by atoms with E-state index >= 15 is 0 Å². The van der Waals surface area contributed by atoms with Crippen molar-refractivity contribution in [3.8, 4) is 11.1 Å². The van der Waals surface area contributed by atoms with Gasteiger partial charge in [0.1, 0.15) is 21.1 Å². The Labute approximate surface area is 242 Å². The summed E-state index contributed by atoms with van der Waals surface area (Å²) >= 11 is 0.522. The van der Waals surface area contributed by atoms with Crippen LogP contribution in [0.3, 0.4) is 0 Å². The maximum absolute atomic E-state index is 13.9. The van der Waals surface area contributed by atoms with Crippen LogP contribution in [-0.4, -0.2) is 41.2 Å². The highest BCUT2D eigenvalue weighted by atomic mass is 32.1. The Balaban J connectivity index is 1.71. The monoisotopic (exact) mass is 624 g/mol. The maximum atomic E-state index is 13.9. The maximum Gasteiger partial charge on any atom is 0.433 e. The molecule has 0 aliphatic rings. The van der Waals surface area contributed by atoms with E-state index in [4.69, 9.17) is 5.73 Å². The number of fused-ring (bicyclic) bond motifs is 2. The second-order valence-electron chi connectivity index (χ2n) is 10.7. The van der Waals surface area contributed by atoms with E-state index in [0.717, 1.165) is 18.2 Å². The number of nitrogens with two attached hydrogens (primary N) is 1. The molecule has 0 unspecified atom stereocenters. The van der Waals surface area contributed by atoms with E-state index in [1.807, 2.05) is 0 Å². The predicted molar refractivity (Wildman–Crippen MR) is 145 cm³/mol. The van der Waals surface area contributed by atoms with Gasteiger partial charge in [-0.3, -0.25) is 14.3 Å². The lowest BCUT2D eigenvalue weighted by Gasteiger charge is -2.19. The van der Waals surface area contributed by atoms with Crippen molar-refractivity contribution in [2.75, 3.05) is 5.32 Å². The predicted octanol–water partition coefficient (Wildman–Crippen LogP) is 5.73. The average Bonchev–Trinajstić information content (AvgIpc) is 3.57. The lowest BCUT2D eigenvalue weighted by Crippen LogP contribution is -2.20. The van der Waals surface area contributed by atoms with Gasteiger partial charge in [-0.05, 0) is 24.6 Å². The van der Waals surface area contributed by atoms with Crippen LogP contribution in [0.1, 0.15) is 63.7 Å². The Morgan fingerprint density at radius 3 is 2.16 bits per heavy atom. The first-order valence-electron chi connectivity index (χ1n) is 12.4. The van der Waals surface area contributed by atoms with E-state index in [1.165, 1.54) is 10.9 Å². The van der Waals surface area contributed by atoms with Crippen molar-refractivity contribution < 1.29 is 35.9 Å². The van der Waals surface area contributed by atoms with Gasteiger partial charge in [-0.25, -0.2) is 14.5 Å². The summed E-state index contributed by atoms with van der Waals surface area (Å²) in [7, 11) is 1.57. The number of nitrogens with one attached hydrogen (secondary N) is 1. The zero-order chi connectivity index (χ0) is 31.8. The summed E-state index contributed by atoms with van der Waals surface area (Å²) in [5, 5.41) is 10.3. The number of anilines is 1.